The average Bonchev–Trinajstić information content (AvgIpc) is 3.50. The first-order valence-corrected chi connectivity index (χ1v) is 12.9. The third-order valence-corrected chi connectivity index (χ3v) is 7.00. The molecule has 236 valence electrons. The highest BCUT2D eigenvalue weighted by molar-refractivity contribution is 5.89. The number of rotatable bonds is 6. The van der Waals surface area contributed by atoms with Gasteiger partial charge in [0.15, 0.2) is 5.69 Å². The van der Waals surface area contributed by atoms with Crippen LogP contribution in [0, 0.1) is 6.92 Å². The zero-order chi connectivity index (χ0) is 32.1. The predicted molar refractivity (Wildman–Crippen MR) is 133 cm³/mol. The van der Waals surface area contributed by atoms with Gasteiger partial charge in [0.25, 0.3) is 6.01 Å². The molecule has 4 rings (SSSR count). The Morgan fingerprint density at radius 2 is 1.63 bits per heavy atom. The molecule has 1 aromatic carbocycles. The largest absolute Gasteiger partial charge is 0.449 e. The second kappa shape index (κ2) is 11.3. The summed E-state index contributed by atoms with van der Waals surface area (Å²) in [5.41, 5.74) is -4.57. The molecule has 2 unspecified atom stereocenters. The zero-order valence-electron chi connectivity index (χ0n) is 23.2. The lowest BCUT2D eigenvalue weighted by Gasteiger charge is -2.42. The molecule has 3 aromatic rings. The molecular formula is C26H26F9N5O3. The van der Waals surface area contributed by atoms with Crippen molar-refractivity contribution in [3.8, 4) is 0 Å². The van der Waals surface area contributed by atoms with Gasteiger partial charge in [0.05, 0.1) is 29.5 Å². The molecule has 0 fully saturated rings. The van der Waals surface area contributed by atoms with Crippen LogP contribution < -0.4 is 9.80 Å². The van der Waals surface area contributed by atoms with E-state index in [1.54, 1.807) is 20.8 Å². The van der Waals surface area contributed by atoms with E-state index in [9.17, 15) is 44.3 Å². The van der Waals surface area contributed by atoms with Gasteiger partial charge >= 0.3 is 24.6 Å². The first kappa shape index (κ1) is 32.0. The molecule has 2 aromatic heterocycles. The van der Waals surface area contributed by atoms with Crippen molar-refractivity contribution < 1.29 is 53.5 Å². The Kier molecular flexibility index (Phi) is 8.41. The molecule has 1 aliphatic heterocycles. The summed E-state index contributed by atoms with van der Waals surface area (Å²) >= 11 is 0. The van der Waals surface area contributed by atoms with Crippen molar-refractivity contribution in [2.45, 2.75) is 70.8 Å². The molecule has 1 amide bonds. The first-order chi connectivity index (χ1) is 19.9. The minimum absolute atomic E-state index is 0.0241. The zero-order valence-corrected chi connectivity index (χ0v) is 23.2. The number of alkyl halides is 9. The number of hydrogen-bond donors (Lipinski definition) is 0. The van der Waals surface area contributed by atoms with Crippen LogP contribution in [0.4, 0.5) is 56.1 Å². The molecule has 43 heavy (non-hydrogen) atoms. The number of oxazole rings is 1. The van der Waals surface area contributed by atoms with E-state index in [1.807, 2.05) is 0 Å². The Morgan fingerprint density at radius 3 is 2.12 bits per heavy atom. The monoisotopic (exact) mass is 627 g/mol. The van der Waals surface area contributed by atoms with E-state index in [4.69, 9.17) is 9.15 Å². The molecule has 0 spiro atoms. The minimum atomic E-state index is -5.15. The molecule has 0 saturated carbocycles. The Bertz CT molecular complexity index is 1440. The fourth-order valence-electron chi connectivity index (χ4n) is 5.20. The Morgan fingerprint density at radius 1 is 1.02 bits per heavy atom. The van der Waals surface area contributed by atoms with Crippen molar-refractivity contribution in [3.05, 3.63) is 58.1 Å². The Hall–Kier alpha value is -3.92. The smallest absolute Gasteiger partial charge is 0.436 e. The maximum absolute atomic E-state index is 13.6. The quantitative estimate of drug-likeness (QED) is 0.261. The molecule has 17 heteroatoms. The maximum atomic E-state index is 13.6. The van der Waals surface area contributed by atoms with E-state index in [0.29, 0.717) is 30.5 Å². The van der Waals surface area contributed by atoms with Crippen LogP contribution in [0.3, 0.4) is 0 Å². The molecule has 0 radical (unpaired) electrons. The van der Waals surface area contributed by atoms with Crippen molar-refractivity contribution in [2.75, 3.05) is 16.4 Å². The topological polar surface area (TPSA) is 76.6 Å². The van der Waals surface area contributed by atoms with E-state index < -0.39 is 71.6 Å². The van der Waals surface area contributed by atoms with Crippen LogP contribution >= 0.6 is 0 Å². The fourth-order valence-corrected chi connectivity index (χ4v) is 5.20. The number of carbonyl (C=O) groups is 1. The number of fused-ring (bicyclic) bond motifs is 1. The van der Waals surface area contributed by atoms with Gasteiger partial charge in [-0.15, -0.1) is 0 Å². The number of aromatic nitrogens is 3. The SMILES string of the molecule is CCOC(=O)N1c2c(c(C)nn2C)C(N(Cc2cc(C(F)(F)F)cc(C(F)(F)F)c2)c2nc(C(F)(F)F)co2)CC1CC. The van der Waals surface area contributed by atoms with Crippen LogP contribution in [0.1, 0.15) is 66.4 Å². The minimum Gasteiger partial charge on any atom is -0.449 e. The second-order valence-corrected chi connectivity index (χ2v) is 9.88. The number of benzene rings is 1. The summed E-state index contributed by atoms with van der Waals surface area (Å²) in [6.07, 6.45) is -15.4. The number of hydrogen-bond acceptors (Lipinski definition) is 6. The van der Waals surface area contributed by atoms with Crippen molar-refractivity contribution in [2.24, 2.45) is 7.05 Å². The van der Waals surface area contributed by atoms with E-state index in [-0.39, 0.29) is 30.5 Å². The number of ether oxygens (including phenoxy) is 1. The summed E-state index contributed by atoms with van der Waals surface area (Å²) in [6.45, 7) is 4.12. The van der Waals surface area contributed by atoms with E-state index >= 15 is 0 Å². The molecular weight excluding hydrogens is 601 g/mol. The number of amides is 1. The van der Waals surface area contributed by atoms with Gasteiger partial charge in [0.2, 0.25) is 0 Å². The third kappa shape index (κ3) is 6.39. The van der Waals surface area contributed by atoms with E-state index in [2.05, 4.69) is 10.1 Å². The van der Waals surface area contributed by atoms with Gasteiger partial charge in [-0.1, -0.05) is 6.92 Å². The number of nitrogens with zero attached hydrogens (tertiary/aromatic N) is 5. The average molecular weight is 628 g/mol. The highest BCUT2D eigenvalue weighted by Crippen LogP contribution is 2.46. The van der Waals surface area contributed by atoms with Gasteiger partial charge in [-0.05, 0) is 50.5 Å². The van der Waals surface area contributed by atoms with Crippen LogP contribution in [0.5, 0.6) is 0 Å². The number of carbonyl (C=O) groups excluding carboxylic acids is 1. The Labute approximate surface area is 239 Å². The third-order valence-electron chi connectivity index (χ3n) is 7.00. The number of anilines is 2. The molecule has 3 heterocycles. The normalized spacial score (nSPS) is 17.7. The molecule has 0 N–H and O–H groups in total. The fraction of sp³-hybridized carbons (Fsp3) is 0.500. The summed E-state index contributed by atoms with van der Waals surface area (Å²) < 4.78 is 134. The van der Waals surface area contributed by atoms with Gasteiger partial charge in [-0.2, -0.15) is 49.6 Å². The van der Waals surface area contributed by atoms with Crippen molar-refractivity contribution in [1.82, 2.24) is 14.8 Å². The summed E-state index contributed by atoms with van der Waals surface area (Å²) in [6, 6.07) is -1.47. The number of halogens is 9. The summed E-state index contributed by atoms with van der Waals surface area (Å²) in [7, 11) is 1.51. The predicted octanol–water partition coefficient (Wildman–Crippen LogP) is 7.67. The van der Waals surface area contributed by atoms with Crippen LogP contribution in [0.25, 0.3) is 0 Å². The summed E-state index contributed by atoms with van der Waals surface area (Å²) in [5.74, 6) is 0.201. The van der Waals surface area contributed by atoms with Gasteiger partial charge in [0, 0.05) is 25.2 Å². The van der Waals surface area contributed by atoms with Crippen molar-refractivity contribution >= 4 is 17.9 Å². The Balaban J connectivity index is 1.93. The molecule has 2 atom stereocenters. The highest BCUT2D eigenvalue weighted by Gasteiger charge is 2.45. The standard InChI is InChI=1S/C26H26F9N5O3/c1-5-17-10-18(20-13(3)37-38(4)21(20)40(17)23(41)42-6-2)39(22-36-19(12-43-22)26(33,34)35)11-14-7-15(24(27,28)29)9-16(8-14)25(30,31)32/h7-9,12,17-18H,5-6,10-11H2,1-4H3. The maximum Gasteiger partial charge on any atom is 0.436 e. The van der Waals surface area contributed by atoms with Crippen LogP contribution in [0.15, 0.2) is 28.9 Å². The molecule has 8 nitrogen and oxygen atoms in total. The first-order valence-electron chi connectivity index (χ1n) is 12.9. The van der Waals surface area contributed by atoms with Gasteiger partial charge in [0.1, 0.15) is 12.1 Å². The lowest BCUT2D eigenvalue weighted by molar-refractivity contribution is -0.143. The van der Waals surface area contributed by atoms with Crippen LogP contribution in [0.2, 0.25) is 0 Å². The van der Waals surface area contributed by atoms with Gasteiger partial charge in [-0.25, -0.2) is 4.79 Å². The second-order valence-electron chi connectivity index (χ2n) is 9.88. The molecule has 0 aliphatic carbocycles. The highest BCUT2D eigenvalue weighted by atomic mass is 19.4. The van der Waals surface area contributed by atoms with Crippen LogP contribution in [-0.2, 0) is 36.9 Å². The number of aryl methyl sites for hydroxylation is 2. The molecule has 1 aliphatic rings. The van der Waals surface area contributed by atoms with Crippen molar-refractivity contribution in [3.63, 3.8) is 0 Å². The molecule has 0 saturated heterocycles. The lowest BCUT2D eigenvalue weighted by atomic mass is 9.90. The van der Waals surface area contributed by atoms with Crippen molar-refractivity contribution in [1.29, 1.82) is 0 Å². The summed E-state index contributed by atoms with van der Waals surface area (Å²) in [4.78, 5) is 18.9. The van der Waals surface area contributed by atoms with Crippen LogP contribution in [-0.4, -0.2) is 33.5 Å². The molecule has 0 bridgehead atoms. The van der Waals surface area contributed by atoms with E-state index in [1.165, 1.54) is 16.6 Å². The van der Waals surface area contributed by atoms with E-state index in [0.717, 1.165) is 4.90 Å². The summed E-state index contributed by atoms with van der Waals surface area (Å²) in [5, 5.41) is 4.34. The van der Waals surface area contributed by atoms with Gasteiger partial charge < -0.3 is 14.1 Å². The van der Waals surface area contributed by atoms with Gasteiger partial charge in [-0.3, -0.25) is 9.58 Å². The lowest BCUT2D eigenvalue weighted by Crippen LogP contribution is -2.48.